The van der Waals surface area contributed by atoms with Crippen LogP contribution in [0, 0.1) is 6.92 Å². The first kappa shape index (κ1) is 11.3. The van der Waals surface area contributed by atoms with Gasteiger partial charge in [-0.1, -0.05) is 15.9 Å². The minimum atomic E-state index is 0.736. The number of aromatic nitrogens is 2. The molecular weight excluding hydrogens is 290 g/mol. The molecule has 0 aliphatic rings. The van der Waals surface area contributed by atoms with Crippen molar-refractivity contribution in [2.45, 2.75) is 6.92 Å². The molecule has 18 heavy (non-hydrogen) atoms. The van der Waals surface area contributed by atoms with Gasteiger partial charge in [0.15, 0.2) is 0 Å². The van der Waals surface area contributed by atoms with Crippen LogP contribution in [0.5, 0.6) is 0 Å². The number of hydrogen-bond acceptors (Lipinski definition) is 2. The molecule has 0 amide bonds. The van der Waals surface area contributed by atoms with Crippen LogP contribution in [0.15, 0.2) is 47.2 Å². The molecule has 90 valence electrons. The van der Waals surface area contributed by atoms with Crippen LogP contribution in [0.4, 0.5) is 5.69 Å². The summed E-state index contributed by atoms with van der Waals surface area (Å²) in [5, 5.41) is 0. The van der Waals surface area contributed by atoms with Crippen molar-refractivity contribution in [1.82, 2.24) is 9.55 Å². The third-order valence-corrected chi connectivity index (χ3v) is 3.48. The van der Waals surface area contributed by atoms with E-state index in [0.717, 1.165) is 26.9 Å². The molecule has 0 unspecified atom stereocenters. The molecule has 2 aromatic carbocycles. The highest BCUT2D eigenvalue weighted by atomic mass is 79.9. The fraction of sp³-hybridized carbons (Fsp3) is 0.0714. The lowest BCUT2D eigenvalue weighted by Crippen LogP contribution is -1.95. The van der Waals surface area contributed by atoms with Crippen LogP contribution in [0.25, 0.3) is 16.7 Å². The third-order valence-electron chi connectivity index (χ3n) is 2.99. The summed E-state index contributed by atoms with van der Waals surface area (Å²) in [4.78, 5) is 4.39. The maximum absolute atomic E-state index is 5.77. The van der Waals surface area contributed by atoms with Crippen LogP contribution in [-0.4, -0.2) is 9.55 Å². The Labute approximate surface area is 113 Å². The summed E-state index contributed by atoms with van der Waals surface area (Å²) in [6.45, 7) is 2.09. The molecule has 0 saturated heterocycles. The van der Waals surface area contributed by atoms with Crippen molar-refractivity contribution < 1.29 is 0 Å². The van der Waals surface area contributed by atoms with Gasteiger partial charge >= 0.3 is 0 Å². The maximum atomic E-state index is 5.77. The summed E-state index contributed by atoms with van der Waals surface area (Å²) in [6, 6.07) is 12.0. The van der Waals surface area contributed by atoms with Gasteiger partial charge in [-0.25, -0.2) is 4.98 Å². The minimum Gasteiger partial charge on any atom is -0.399 e. The Balaban J connectivity index is 2.25. The van der Waals surface area contributed by atoms with Gasteiger partial charge in [0.25, 0.3) is 0 Å². The van der Waals surface area contributed by atoms with Gasteiger partial charge in [0, 0.05) is 10.2 Å². The second-order valence-electron chi connectivity index (χ2n) is 4.29. The molecule has 2 N–H and O–H groups in total. The average molecular weight is 302 g/mol. The number of nitrogens with zero attached hydrogens (tertiary/aromatic N) is 2. The van der Waals surface area contributed by atoms with Crippen molar-refractivity contribution in [3.63, 3.8) is 0 Å². The van der Waals surface area contributed by atoms with E-state index in [-0.39, 0.29) is 0 Å². The predicted octanol–water partition coefficient (Wildman–Crippen LogP) is 3.68. The SMILES string of the molecule is Cc1cc(Br)ccc1-n1cnc2cc(N)ccc21. The summed E-state index contributed by atoms with van der Waals surface area (Å²) in [5.41, 5.74) is 10.8. The number of nitrogens with two attached hydrogens (primary N) is 1. The highest BCUT2D eigenvalue weighted by molar-refractivity contribution is 9.10. The van der Waals surface area contributed by atoms with Crippen molar-refractivity contribution in [3.8, 4) is 5.69 Å². The fourth-order valence-corrected chi connectivity index (χ4v) is 2.59. The minimum absolute atomic E-state index is 0.736. The van der Waals surface area contributed by atoms with Crippen LogP contribution < -0.4 is 5.73 Å². The number of anilines is 1. The number of hydrogen-bond donors (Lipinski definition) is 1. The van der Waals surface area contributed by atoms with Gasteiger partial charge in [-0.3, -0.25) is 4.57 Å². The third kappa shape index (κ3) is 1.78. The molecule has 3 rings (SSSR count). The van der Waals surface area contributed by atoms with Gasteiger partial charge in [0.05, 0.1) is 16.7 Å². The van der Waals surface area contributed by atoms with Crippen LogP contribution in [-0.2, 0) is 0 Å². The lowest BCUT2D eigenvalue weighted by atomic mass is 10.2. The van der Waals surface area contributed by atoms with Crippen molar-refractivity contribution in [1.29, 1.82) is 0 Å². The van der Waals surface area contributed by atoms with E-state index in [0.29, 0.717) is 0 Å². The smallest absolute Gasteiger partial charge is 0.100 e. The van der Waals surface area contributed by atoms with E-state index in [1.165, 1.54) is 5.56 Å². The largest absolute Gasteiger partial charge is 0.399 e. The Morgan fingerprint density at radius 2 is 2.00 bits per heavy atom. The lowest BCUT2D eigenvalue weighted by Gasteiger charge is -2.08. The summed E-state index contributed by atoms with van der Waals surface area (Å²) in [5.74, 6) is 0. The summed E-state index contributed by atoms with van der Waals surface area (Å²) in [6.07, 6.45) is 1.83. The second kappa shape index (κ2) is 4.14. The van der Waals surface area contributed by atoms with Gasteiger partial charge in [-0.15, -0.1) is 0 Å². The van der Waals surface area contributed by atoms with Gasteiger partial charge in [0.2, 0.25) is 0 Å². The van der Waals surface area contributed by atoms with Crippen LogP contribution in [0.2, 0.25) is 0 Å². The van der Waals surface area contributed by atoms with Gasteiger partial charge in [-0.2, -0.15) is 0 Å². The van der Waals surface area contributed by atoms with Crippen LogP contribution in [0.3, 0.4) is 0 Å². The second-order valence-corrected chi connectivity index (χ2v) is 5.21. The van der Waals surface area contributed by atoms with Gasteiger partial charge < -0.3 is 5.73 Å². The number of halogens is 1. The molecule has 0 fully saturated rings. The molecule has 4 heteroatoms. The molecule has 0 bridgehead atoms. The van der Waals surface area contributed by atoms with Gasteiger partial charge in [-0.05, 0) is 48.9 Å². The number of benzene rings is 2. The molecule has 0 aliphatic heterocycles. The first-order chi connectivity index (χ1) is 8.65. The molecule has 0 atom stereocenters. The number of aryl methyl sites for hydroxylation is 1. The van der Waals surface area contributed by atoms with E-state index >= 15 is 0 Å². The van der Waals surface area contributed by atoms with E-state index < -0.39 is 0 Å². The highest BCUT2D eigenvalue weighted by Gasteiger charge is 2.07. The molecule has 1 aromatic heterocycles. The van der Waals surface area contributed by atoms with E-state index in [9.17, 15) is 0 Å². The number of nitrogen functional groups attached to an aromatic ring is 1. The quantitative estimate of drug-likeness (QED) is 0.697. The first-order valence-electron chi connectivity index (χ1n) is 5.64. The molecule has 0 radical (unpaired) electrons. The zero-order chi connectivity index (χ0) is 12.7. The number of fused-ring (bicyclic) bond motifs is 1. The Morgan fingerprint density at radius 3 is 2.78 bits per heavy atom. The molecule has 0 saturated carbocycles. The van der Waals surface area contributed by atoms with Crippen molar-refractivity contribution in [2.75, 3.05) is 5.73 Å². The van der Waals surface area contributed by atoms with Crippen molar-refractivity contribution in [3.05, 3.63) is 52.8 Å². The van der Waals surface area contributed by atoms with Gasteiger partial charge in [0.1, 0.15) is 6.33 Å². The average Bonchev–Trinajstić information content (AvgIpc) is 2.72. The summed E-state index contributed by atoms with van der Waals surface area (Å²) in [7, 11) is 0. The van der Waals surface area contributed by atoms with Crippen LogP contribution >= 0.6 is 15.9 Å². The Morgan fingerprint density at radius 1 is 1.17 bits per heavy atom. The van der Waals surface area contributed by atoms with Crippen molar-refractivity contribution in [2.24, 2.45) is 0 Å². The lowest BCUT2D eigenvalue weighted by molar-refractivity contribution is 1.07. The normalized spacial score (nSPS) is 11.0. The Bertz CT molecular complexity index is 731. The zero-order valence-electron chi connectivity index (χ0n) is 9.89. The number of imidazole rings is 1. The predicted molar refractivity (Wildman–Crippen MR) is 77.9 cm³/mol. The van der Waals surface area contributed by atoms with E-state index in [2.05, 4.69) is 44.5 Å². The molecule has 0 aliphatic carbocycles. The van der Waals surface area contributed by atoms with Crippen LogP contribution in [0.1, 0.15) is 5.56 Å². The summed E-state index contributed by atoms with van der Waals surface area (Å²) < 4.78 is 3.16. The van der Waals surface area contributed by atoms with E-state index in [1.54, 1.807) is 0 Å². The molecule has 3 nitrogen and oxygen atoms in total. The highest BCUT2D eigenvalue weighted by Crippen LogP contribution is 2.24. The number of rotatable bonds is 1. The first-order valence-corrected chi connectivity index (χ1v) is 6.43. The Kier molecular flexibility index (Phi) is 2.59. The maximum Gasteiger partial charge on any atom is 0.100 e. The topological polar surface area (TPSA) is 43.8 Å². The van der Waals surface area contributed by atoms with E-state index in [1.807, 2.05) is 30.6 Å². The molecular formula is C14H12BrN3. The molecule has 1 heterocycles. The summed E-state index contributed by atoms with van der Waals surface area (Å²) >= 11 is 3.48. The standard InChI is InChI=1S/C14H12BrN3/c1-9-6-10(15)2-4-13(9)18-8-17-12-7-11(16)3-5-14(12)18/h2-8H,16H2,1H3. The van der Waals surface area contributed by atoms with E-state index in [4.69, 9.17) is 5.73 Å². The zero-order valence-corrected chi connectivity index (χ0v) is 11.5. The van der Waals surface area contributed by atoms with Crippen molar-refractivity contribution >= 4 is 32.7 Å². The molecule has 3 aromatic rings. The monoisotopic (exact) mass is 301 g/mol. The molecule has 0 spiro atoms. The fourth-order valence-electron chi connectivity index (χ4n) is 2.11. The Hall–Kier alpha value is -1.81.